The summed E-state index contributed by atoms with van der Waals surface area (Å²) in [6.45, 7) is 0. The second-order valence-corrected chi connectivity index (χ2v) is 2.19. The summed E-state index contributed by atoms with van der Waals surface area (Å²) in [5.74, 6) is -2.25. The van der Waals surface area contributed by atoms with E-state index < -0.39 is 11.9 Å². The van der Waals surface area contributed by atoms with E-state index in [4.69, 9.17) is 15.3 Å². The lowest BCUT2D eigenvalue weighted by atomic mass is 10.1. The Morgan fingerprint density at radius 2 is 1.36 bits per heavy atom. The maximum Gasteiger partial charge on any atom is 0.335 e. The Morgan fingerprint density at radius 1 is 1.00 bits per heavy atom. The van der Waals surface area contributed by atoms with E-state index >= 15 is 0 Å². The molecule has 0 fully saturated rings. The third-order valence-electron chi connectivity index (χ3n) is 1.36. The monoisotopic (exact) mass is 198 g/mol. The Morgan fingerprint density at radius 3 is 1.64 bits per heavy atom. The Labute approximate surface area is 80.2 Å². The SMILES string of the molecule is CO.O=C(O)c1cccc(C(=O)O)c1. The number of carbonyl (C=O) groups is 2. The van der Waals surface area contributed by atoms with Crippen molar-refractivity contribution in [2.45, 2.75) is 0 Å². The maximum atomic E-state index is 10.4. The van der Waals surface area contributed by atoms with Crippen LogP contribution in [0, 0.1) is 0 Å². The van der Waals surface area contributed by atoms with Gasteiger partial charge in [-0.2, -0.15) is 0 Å². The molecule has 1 rings (SSSR count). The largest absolute Gasteiger partial charge is 0.478 e. The van der Waals surface area contributed by atoms with Gasteiger partial charge in [-0.15, -0.1) is 0 Å². The standard InChI is InChI=1S/C8H6O4.CH4O/c9-7(10)5-2-1-3-6(4-5)8(11)12;1-2/h1-4H,(H,9,10)(H,11,12);2H,1H3. The highest BCUT2D eigenvalue weighted by molar-refractivity contribution is 5.93. The first kappa shape index (κ1) is 12.1. The number of aliphatic hydroxyl groups excluding tert-OH is 1. The highest BCUT2D eigenvalue weighted by Gasteiger charge is 2.06. The molecule has 0 radical (unpaired) electrons. The van der Waals surface area contributed by atoms with Gasteiger partial charge in [0.15, 0.2) is 0 Å². The van der Waals surface area contributed by atoms with Crippen LogP contribution in [-0.2, 0) is 0 Å². The zero-order valence-electron chi connectivity index (χ0n) is 7.47. The van der Waals surface area contributed by atoms with E-state index in [9.17, 15) is 9.59 Å². The first-order valence-electron chi connectivity index (χ1n) is 3.62. The average molecular weight is 198 g/mol. The zero-order valence-corrected chi connectivity index (χ0v) is 7.47. The minimum atomic E-state index is -1.13. The van der Waals surface area contributed by atoms with Crippen LogP contribution in [0.15, 0.2) is 24.3 Å². The van der Waals surface area contributed by atoms with Gasteiger partial charge in [-0.1, -0.05) is 6.07 Å². The quantitative estimate of drug-likeness (QED) is 0.649. The molecule has 0 aliphatic heterocycles. The molecular weight excluding hydrogens is 188 g/mol. The fourth-order valence-corrected chi connectivity index (χ4v) is 0.785. The Bertz CT molecular complexity index is 302. The number of rotatable bonds is 2. The second kappa shape index (κ2) is 5.71. The molecule has 0 atom stereocenters. The summed E-state index contributed by atoms with van der Waals surface area (Å²) in [4.78, 5) is 20.8. The summed E-state index contributed by atoms with van der Waals surface area (Å²) in [6.07, 6.45) is 0. The molecule has 0 spiro atoms. The van der Waals surface area contributed by atoms with E-state index in [1.54, 1.807) is 0 Å². The topological polar surface area (TPSA) is 94.8 Å². The summed E-state index contributed by atoms with van der Waals surface area (Å²) in [7, 11) is 1.00. The molecule has 5 nitrogen and oxygen atoms in total. The molecule has 5 heteroatoms. The van der Waals surface area contributed by atoms with Crippen LogP contribution in [0.5, 0.6) is 0 Å². The minimum Gasteiger partial charge on any atom is -0.478 e. The van der Waals surface area contributed by atoms with Gasteiger partial charge in [0.05, 0.1) is 11.1 Å². The molecule has 0 bridgehead atoms. The zero-order chi connectivity index (χ0) is 11.1. The molecule has 0 heterocycles. The van der Waals surface area contributed by atoms with E-state index in [2.05, 4.69) is 0 Å². The molecule has 3 N–H and O–H groups in total. The molecule has 0 aromatic heterocycles. The molecule has 1 aromatic rings. The summed E-state index contributed by atoms with van der Waals surface area (Å²) < 4.78 is 0. The minimum absolute atomic E-state index is 0.0186. The molecule has 0 aliphatic rings. The van der Waals surface area contributed by atoms with E-state index in [1.807, 2.05) is 0 Å². The van der Waals surface area contributed by atoms with E-state index in [-0.39, 0.29) is 11.1 Å². The van der Waals surface area contributed by atoms with Crippen LogP contribution in [0.25, 0.3) is 0 Å². The first-order chi connectivity index (χ1) is 6.61. The van der Waals surface area contributed by atoms with Crippen LogP contribution in [0.2, 0.25) is 0 Å². The fourth-order valence-electron chi connectivity index (χ4n) is 0.785. The Balaban J connectivity index is 0.000000791. The van der Waals surface area contributed by atoms with Gasteiger partial charge in [-0.05, 0) is 18.2 Å². The van der Waals surface area contributed by atoms with Crippen molar-refractivity contribution >= 4 is 11.9 Å². The van der Waals surface area contributed by atoms with Crippen LogP contribution in [-0.4, -0.2) is 34.4 Å². The lowest BCUT2D eigenvalue weighted by Gasteiger charge is -1.95. The molecule has 0 saturated heterocycles. The van der Waals surface area contributed by atoms with Crippen LogP contribution in [0.4, 0.5) is 0 Å². The van der Waals surface area contributed by atoms with Crippen LogP contribution in [0.1, 0.15) is 20.7 Å². The summed E-state index contributed by atoms with van der Waals surface area (Å²) in [5.41, 5.74) is -0.0372. The molecule has 14 heavy (non-hydrogen) atoms. The highest BCUT2D eigenvalue weighted by atomic mass is 16.4. The van der Waals surface area contributed by atoms with Gasteiger partial charge in [0.2, 0.25) is 0 Å². The van der Waals surface area contributed by atoms with Gasteiger partial charge in [0.25, 0.3) is 0 Å². The normalized spacial score (nSPS) is 8.43. The van der Waals surface area contributed by atoms with Crippen molar-refractivity contribution in [2.75, 3.05) is 7.11 Å². The lowest BCUT2D eigenvalue weighted by Crippen LogP contribution is -2.01. The van der Waals surface area contributed by atoms with E-state index in [0.717, 1.165) is 13.2 Å². The number of benzene rings is 1. The third-order valence-corrected chi connectivity index (χ3v) is 1.36. The van der Waals surface area contributed by atoms with E-state index in [0.29, 0.717) is 0 Å². The highest BCUT2D eigenvalue weighted by Crippen LogP contribution is 2.04. The number of carboxylic acids is 2. The number of aliphatic hydroxyl groups is 1. The summed E-state index contributed by atoms with van der Waals surface area (Å²) in [6, 6.07) is 5.20. The van der Waals surface area contributed by atoms with Gasteiger partial charge in [-0.25, -0.2) is 9.59 Å². The number of hydrogen-bond acceptors (Lipinski definition) is 3. The van der Waals surface area contributed by atoms with Crippen molar-refractivity contribution in [3.63, 3.8) is 0 Å². The van der Waals surface area contributed by atoms with Crippen molar-refractivity contribution in [1.82, 2.24) is 0 Å². The second-order valence-electron chi connectivity index (χ2n) is 2.19. The summed E-state index contributed by atoms with van der Waals surface area (Å²) in [5, 5.41) is 24.0. The third kappa shape index (κ3) is 3.24. The maximum absolute atomic E-state index is 10.4. The van der Waals surface area contributed by atoms with Crippen LogP contribution >= 0.6 is 0 Å². The molecular formula is C9H10O5. The summed E-state index contributed by atoms with van der Waals surface area (Å²) >= 11 is 0. The average Bonchev–Trinajstić information content (AvgIpc) is 2.21. The van der Waals surface area contributed by atoms with E-state index in [1.165, 1.54) is 18.2 Å². The van der Waals surface area contributed by atoms with Gasteiger partial charge < -0.3 is 15.3 Å². The number of hydrogen-bond donors (Lipinski definition) is 3. The number of aromatic carboxylic acids is 2. The molecule has 0 aliphatic carbocycles. The van der Waals surface area contributed by atoms with Gasteiger partial charge in [0.1, 0.15) is 0 Å². The van der Waals surface area contributed by atoms with Gasteiger partial charge in [0, 0.05) is 7.11 Å². The van der Waals surface area contributed by atoms with Crippen molar-refractivity contribution in [2.24, 2.45) is 0 Å². The molecule has 0 amide bonds. The van der Waals surface area contributed by atoms with Crippen molar-refractivity contribution in [3.05, 3.63) is 35.4 Å². The predicted molar refractivity (Wildman–Crippen MR) is 48.5 cm³/mol. The van der Waals surface area contributed by atoms with Gasteiger partial charge >= 0.3 is 11.9 Å². The molecule has 0 saturated carbocycles. The Kier molecular flexibility index (Phi) is 4.95. The van der Waals surface area contributed by atoms with Crippen LogP contribution in [0.3, 0.4) is 0 Å². The molecule has 0 unspecified atom stereocenters. The predicted octanol–water partition coefficient (Wildman–Crippen LogP) is 0.692. The lowest BCUT2D eigenvalue weighted by molar-refractivity contribution is 0.0696. The van der Waals surface area contributed by atoms with Crippen molar-refractivity contribution in [3.8, 4) is 0 Å². The fraction of sp³-hybridized carbons (Fsp3) is 0.111. The Hall–Kier alpha value is -1.88. The first-order valence-corrected chi connectivity index (χ1v) is 3.62. The number of carboxylic acid groups (broad SMARTS) is 2. The molecule has 76 valence electrons. The van der Waals surface area contributed by atoms with Gasteiger partial charge in [-0.3, -0.25) is 0 Å². The molecule has 1 aromatic carbocycles. The van der Waals surface area contributed by atoms with Crippen molar-refractivity contribution in [1.29, 1.82) is 0 Å². The smallest absolute Gasteiger partial charge is 0.335 e. The van der Waals surface area contributed by atoms with Crippen LogP contribution < -0.4 is 0 Å². The van der Waals surface area contributed by atoms with Crippen molar-refractivity contribution < 1.29 is 24.9 Å².